The van der Waals surface area contributed by atoms with Crippen LogP contribution in [0.15, 0.2) is 17.1 Å². The molecule has 7 heteroatoms. The van der Waals surface area contributed by atoms with Gasteiger partial charge in [0.2, 0.25) is 5.91 Å². The fourth-order valence-corrected chi connectivity index (χ4v) is 4.81. The van der Waals surface area contributed by atoms with Gasteiger partial charge in [0, 0.05) is 29.9 Å². The summed E-state index contributed by atoms with van der Waals surface area (Å²) < 4.78 is 0. The van der Waals surface area contributed by atoms with Gasteiger partial charge in [0.1, 0.15) is 6.54 Å². The van der Waals surface area contributed by atoms with Crippen molar-refractivity contribution in [1.29, 1.82) is 0 Å². The highest BCUT2D eigenvalue weighted by molar-refractivity contribution is 14.0. The minimum Gasteiger partial charge on any atom is -0.353 e. The summed E-state index contributed by atoms with van der Waals surface area (Å²) in [6, 6.07) is 4.88. The molecule has 0 radical (unpaired) electrons. The van der Waals surface area contributed by atoms with E-state index in [0.717, 1.165) is 30.8 Å². The molecule has 5 nitrogen and oxygen atoms in total. The summed E-state index contributed by atoms with van der Waals surface area (Å²) in [5, 5.41) is 7.04. The van der Waals surface area contributed by atoms with Crippen LogP contribution in [0.25, 0.3) is 0 Å². The second-order valence-corrected chi connectivity index (χ2v) is 8.71. The van der Waals surface area contributed by atoms with Crippen LogP contribution in [-0.4, -0.2) is 43.4 Å². The molecule has 2 fully saturated rings. The topological polar surface area (TPSA) is 56.7 Å². The third-order valence-electron chi connectivity index (χ3n) is 5.43. The molecule has 1 aromatic heterocycles. The predicted octanol–water partition coefficient (Wildman–Crippen LogP) is 3.24. The number of rotatable bonds is 6. The fraction of sp³-hybridized carbons (Fsp3) is 0.684. The molecule has 0 aliphatic heterocycles. The number of hydrogen-bond donors (Lipinski definition) is 2. The van der Waals surface area contributed by atoms with Crippen LogP contribution >= 0.6 is 35.3 Å². The number of aryl methyl sites for hydroxylation is 1. The van der Waals surface area contributed by atoms with Crippen molar-refractivity contribution in [2.45, 2.75) is 51.6 Å². The van der Waals surface area contributed by atoms with Crippen LogP contribution in [-0.2, 0) is 17.8 Å². The van der Waals surface area contributed by atoms with Crippen molar-refractivity contribution in [1.82, 2.24) is 15.5 Å². The number of aliphatic imine (C=N–C) groups is 1. The Morgan fingerprint density at radius 3 is 2.62 bits per heavy atom. The van der Waals surface area contributed by atoms with Crippen molar-refractivity contribution in [2.24, 2.45) is 16.8 Å². The van der Waals surface area contributed by atoms with Crippen LogP contribution in [0.1, 0.15) is 42.4 Å². The number of nitrogens with zero attached hydrogens (tertiary/aromatic N) is 2. The number of guanidine groups is 1. The van der Waals surface area contributed by atoms with Gasteiger partial charge in [0.05, 0.1) is 6.54 Å². The van der Waals surface area contributed by atoms with Crippen LogP contribution in [0.4, 0.5) is 0 Å². The number of thiophene rings is 1. The normalized spacial score (nSPS) is 24.3. The summed E-state index contributed by atoms with van der Waals surface area (Å²) in [7, 11) is 3.54. The van der Waals surface area contributed by atoms with E-state index in [-0.39, 0.29) is 36.4 Å². The highest BCUT2D eigenvalue weighted by Crippen LogP contribution is 2.44. The highest BCUT2D eigenvalue weighted by Gasteiger charge is 2.39. The van der Waals surface area contributed by atoms with Gasteiger partial charge in [-0.2, -0.15) is 0 Å². The molecule has 2 aliphatic rings. The van der Waals surface area contributed by atoms with Crippen molar-refractivity contribution in [3.63, 3.8) is 0 Å². The molecule has 1 amide bonds. The van der Waals surface area contributed by atoms with E-state index in [9.17, 15) is 4.79 Å². The zero-order valence-electron chi connectivity index (χ0n) is 16.0. The fourth-order valence-electron chi connectivity index (χ4n) is 3.92. The molecule has 2 saturated carbocycles. The first-order valence-corrected chi connectivity index (χ1v) is 10.2. The molecule has 3 atom stereocenters. The second kappa shape index (κ2) is 9.92. The Kier molecular flexibility index (Phi) is 8.19. The molecule has 3 rings (SSSR count). The smallest absolute Gasteiger partial charge is 0.243 e. The standard InChI is InChI=1S/C19H30N4OS.HI/c1-4-15-7-8-16(25-15)11-20-19(21-12-18(24)23(2)3)22-17-10-13-5-6-14(17)9-13;/h7-8,13-14,17H,4-6,9-12H2,1-3H3,(H2,20,21,22);1H. The van der Waals surface area contributed by atoms with Crippen LogP contribution in [0.5, 0.6) is 0 Å². The van der Waals surface area contributed by atoms with E-state index in [2.05, 4.69) is 34.7 Å². The molecule has 146 valence electrons. The van der Waals surface area contributed by atoms with Crippen molar-refractivity contribution in [3.05, 3.63) is 21.9 Å². The summed E-state index contributed by atoms with van der Waals surface area (Å²) in [5.41, 5.74) is 0. The van der Waals surface area contributed by atoms with Crippen molar-refractivity contribution < 1.29 is 4.79 Å². The molecule has 2 N–H and O–H groups in total. The highest BCUT2D eigenvalue weighted by atomic mass is 127. The monoisotopic (exact) mass is 490 g/mol. The van der Waals surface area contributed by atoms with Crippen molar-refractivity contribution in [2.75, 3.05) is 20.6 Å². The third kappa shape index (κ3) is 5.58. The van der Waals surface area contributed by atoms with Crippen LogP contribution in [0.3, 0.4) is 0 Å². The average molecular weight is 490 g/mol. The number of amides is 1. The largest absolute Gasteiger partial charge is 0.353 e. The molecule has 0 saturated heterocycles. The molecule has 1 heterocycles. The van der Waals surface area contributed by atoms with Gasteiger partial charge >= 0.3 is 0 Å². The van der Waals surface area contributed by atoms with Gasteiger partial charge in [-0.15, -0.1) is 35.3 Å². The maximum Gasteiger partial charge on any atom is 0.243 e. The molecule has 2 bridgehead atoms. The Morgan fingerprint density at radius 1 is 1.27 bits per heavy atom. The second-order valence-electron chi connectivity index (χ2n) is 7.45. The van der Waals surface area contributed by atoms with E-state index in [4.69, 9.17) is 0 Å². The van der Waals surface area contributed by atoms with E-state index in [1.54, 1.807) is 19.0 Å². The van der Waals surface area contributed by atoms with Gasteiger partial charge in [0.15, 0.2) is 5.96 Å². The number of halogens is 1. The van der Waals surface area contributed by atoms with E-state index in [1.165, 1.54) is 35.4 Å². The van der Waals surface area contributed by atoms with Gasteiger partial charge in [-0.3, -0.25) is 4.79 Å². The first kappa shape index (κ1) is 21.5. The number of carbonyl (C=O) groups is 1. The van der Waals surface area contributed by atoms with Gasteiger partial charge in [-0.05, 0) is 49.7 Å². The van der Waals surface area contributed by atoms with Crippen LogP contribution < -0.4 is 10.6 Å². The van der Waals surface area contributed by atoms with Crippen molar-refractivity contribution >= 4 is 47.2 Å². The molecule has 26 heavy (non-hydrogen) atoms. The Labute approximate surface area is 178 Å². The molecule has 2 aliphatic carbocycles. The maximum absolute atomic E-state index is 11.9. The Hall–Kier alpha value is -0.830. The van der Waals surface area contributed by atoms with Crippen LogP contribution in [0.2, 0.25) is 0 Å². The summed E-state index contributed by atoms with van der Waals surface area (Å²) in [5.74, 6) is 2.46. The van der Waals surface area contributed by atoms with E-state index >= 15 is 0 Å². The number of carbonyl (C=O) groups excluding carboxylic acids is 1. The lowest BCUT2D eigenvalue weighted by Gasteiger charge is -2.25. The van der Waals surface area contributed by atoms with Gasteiger partial charge in [-0.1, -0.05) is 13.3 Å². The lowest BCUT2D eigenvalue weighted by atomic mass is 9.95. The quantitative estimate of drug-likeness (QED) is 0.366. The summed E-state index contributed by atoms with van der Waals surface area (Å²) >= 11 is 1.84. The SMILES string of the molecule is CCc1ccc(CNC(=NCC(=O)N(C)C)NC2CC3CCC2C3)s1.I. The van der Waals surface area contributed by atoms with Gasteiger partial charge in [0.25, 0.3) is 0 Å². The number of hydrogen-bond acceptors (Lipinski definition) is 3. The third-order valence-corrected chi connectivity index (χ3v) is 6.66. The zero-order chi connectivity index (χ0) is 17.8. The first-order chi connectivity index (χ1) is 12.0. The molecule has 3 unspecified atom stereocenters. The minimum atomic E-state index is 0. The molecule has 0 spiro atoms. The number of likely N-dealkylation sites (N-methyl/N-ethyl adjacent to an activating group) is 1. The molecule has 1 aromatic rings. The van der Waals surface area contributed by atoms with Crippen molar-refractivity contribution in [3.8, 4) is 0 Å². The van der Waals surface area contributed by atoms with E-state index in [0.29, 0.717) is 6.04 Å². The molecule has 0 aromatic carbocycles. The summed E-state index contributed by atoms with van der Waals surface area (Å²) in [6.07, 6.45) is 6.39. The summed E-state index contributed by atoms with van der Waals surface area (Å²) in [6.45, 7) is 3.13. The minimum absolute atomic E-state index is 0. The first-order valence-electron chi connectivity index (χ1n) is 9.37. The Bertz CT molecular complexity index is 631. The lowest BCUT2D eigenvalue weighted by molar-refractivity contribution is -0.127. The average Bonchev–Trinajstić information content (AvgIpc) is 3.32. The van der Waals surface area contributed by atoms with Gasteiger partial charge in [-0.25, -0.2) is 4.99 Å². The van der Waals surface area contributed by atoms with E-state index in [1.807, 2.05) is 11.3 Å². The number of fused-ring (bicyclic) bond motifs is 2. The number of nitrogens with one attached hydrogen (secondary N) is 2. The van der Waals surface area contributed by atoms with Gasteiger partial charge < -0.3 is 15.5 Å². The molecular weight excluding hydrogens is 459 g/mol. The Balaban J connectivity index is 0.00000243. The summed E-state index contributed by atoms with van der Waals surface area (Å²) in [4.78, 5) is 20.7. The Morgan fingerprint density at radius 2 is 2.04 bits per heavy atom. The zero-order valence-corrected chi connectivity index (χ0v) is 19.1. The lowest BCUT2D eigenvalue weighted by Crippen LogP contribution is -2.45. The van der Waals surface area contributed by atoms with E-state index < -0.39 is 0 Å². The maximum atomic E-state index is 11.9. The predicted molar refractivity (Wildman–Crippen MR) is 119 cm³/mol. The molecular formula is C19H31IN4OS. The van der Waals surface area contributed by atoms with Crippen LogP contribution in [0, 0.1) is 11.8 Å².